The first-order valence-corrected chi connectivity index (χ1v) is 18.4. The van der Waals surface area contributed by atoms with Crippen molar-refractivity contribution in [1.82, 2.24) is 0 Å². The number of unbranched alkanes of at least 4 members (excludes halogenated alkanes) is 21. The number of allylic oxidation sites excluding steroid dienone is 4. The molecule has 0 radical (unpaired) electrons. The third-order valence-electron chi connectivity index (χ3n) is 8.00. The minimum atomic E-state index is -0.767. The van der Waals surface area contributed by atoms with Crippen molar-refractivity contribution in [2.24, 2.45) is 0 Å². The molecule has 0 aliphatic carbocycles. The average molecular weight is 607 g/mol. The van der Waals surface area contributed by atoms with E-state index in [2.05, 4.69) is 38.2 Å². The fourth-order valence-electron chi connectivity index (χ4n) is 5.17. The van der Waals surface area contributed by atoms with Gasteiger partial charge in [-0.1, -0.05) is 154 Å². The van der Waals surface area contributed by atoms with Crippen molar-refractivity contribution in [2.45, 2.75) is 193 Å². The van der Waals surface area contributed by atoms with Gasteiger partial charge >= 0.3 is 11.9 Å². The highest BCUT2D eigenvalue weighted by Gasteiger charge is 2.16. The highest BCUT2D eigenvalue weighted by atomic mass is 16.6. The molecule has 43 heavy (non-hydrogen) atoms. The molecule has 5 heteroatoms. The first kappa shape index (κ1) is 41.4. The summed E-state index contributed by atoms with van der Waals surface area (Å²) in [6.07, 6.45) is 39.5. The molecule has 0 heterocycles. The quantitative estimate of drug-likeness (QED) is 0.0457. The van der Waals surface area contributed by atoms with E-state index in [0.717, 1.165) is 44.9 Å². The Bertz CT molecular complexity index is 657. The van der Waals surface area contributed by atoms with Gasteiger partial charge in [0.2, 0.25) is 0 Å². The van der Waals surface area contributed by atoms with Gasteiger partial charge in [0.15, 0.2) is 6.10 Å². The number of esters is 2. The SMILES string of the molecule is CCCCC/C=C\C/C=C\CCCCCCCCCCCC(=O)O[C@@H](CO)COC(=O)CCCCCCCCCCCC. The van der Waals surface area contributed by atoms with Gasteiger partial charge in [0.25, 0.3) is 0 Å². The summed E-state index contributed by atoms with van der Waals surface area (Å²) >= 11 is 0. The number of carbonyl (C=O) groups excluding carboxylic acids is 2. The fraction of sp³-hybridized carbons (Fsp3) is 0.842. The maximum absolute atomic E-state index is 12.1. The Labute approximate surface area is 266 Å². The number of hydrogen-bond acceptors (Lipinski definition) is 5. The van der Waals surface area contributed by atoms with Crippen LogP contribution in [0.3, 0.4) is 0 Å². The lowest BCUT2D eigenvalue weighted by molar-refractivity contribution is -0.161. The summed E-state index contributed by atoms with van der Waals surface area (Å²) in [6, 6.07) is 0. The number of ether oxygens (including phenoxy) is 2. The first-order chi connectivity index (χ1) is 21.1. The van der Waals surface area contributed by atoms with Gasteiger partial charge in [0.1, 0.15) is 6.61 Å². The molecule has 0 saturated heterocycles. The molecule has 0 aromatic rings. The zero-order valence-corrected chi connectivity index (χ0v) is 28.5. The van der Waals surface area contributed by atoms with E-state index in [0.29, 0.717) is 12.8 Å². The maximum atomic E-state index is 12.1. The number of rotatable bonds is 33. The standard InChI is InChI=1S/C38H70O5/c1-3-5-7-9-11-13-15-16-17-18-19-20-21-22-23-25-27-29-31-33-38(41)43-36(34-39)35-42-37(40)32-30-28-26-24-14-12-10-8-6-4-2/h11,13,16-17,36,39H,3-10,12,14-15,18-35H2,1-2H3/b13-11-,17-16-/t36-/m0/s1. The van der Waals surface area contributed by atoms with Gasteiger partial charge in [0.05, 0.1) is 6.61 Å². The number of carbonyl (C=O) groups is 2. The largest absolute Gasteiger partial charge is 0.462 e. The Hall–Kier alpha value is -1.62. The lowest BCUT2D eigenvalue weighted by atomic mass is 10.1. The normalized spacial score (nSPS) is 12.3. The molecule has 0 fully saturated rings. The third-order valence-corrected chi connectivity index (χ3v) is 8.00. The molecule has 0 aromatic heterocycles. The van der Waals surface area contributed by atoms with E-state index in [1.165, 1.54) is 116 Å². The minimum absolute atomic E-state index is 0.0638. The smallest absolute Gasteiger partial charge is 0.306 e. The average Bonchev–Trinajstić information content (AvgIpc) is 3.01. The molecule has 0 bridgehead atoms. The number of aliphatic hydroxyl groups excluding tert-OH is 1. The molecule has 1 N–H and O–H groups in total. The van der Waals surface area contributed by atoms with Crippen LogP contribution < -0.4 is 0 Å². The van der Waals surface area contributed by atoms with Gasteiger partial charge < -0.3 is 14.6 Å². The van der Waals surface area contributed by atoms with Crippen molar-refractivity contribution in [2.75, 3.05) is 13.2 Å². The summed E-state index contributed by atoms with van der Waals surface area (Å²) in [5, 5.41) is 9.51. The predicted molar refractivity (Wildman–Crippen MR) is 182 cm³/mol. The zero-order valence-electron chi connectivity index (χ0n) is 28.5. The van der Waals surface area contributed by atoms with Crippen molar-refractivity contribution >= 4 is 11.9 Å². The van der Waals surface area contributed by atoms with Crippen molar-refractivity contribution in [1.29, 1.82) is 0 Å². The first-order valence-electron chi connectivity index (χ1n) is 18.4. The Morgan fingerprint density at radius 1 is 0.535 bits per heavy atom. The van der Waals surface area contributed by atoms with Gasteiger partial charge in [-0.3, -0.25) is 9.59 Å². The van der Waals surface area contributed by atoms with Crippen LogP contribution in [0, 0.1) is 0 Å². The highest BCUT2D eigenvalue weighted by Crippen LogP contribution is 2.14. The molecule has 0 aromatic carbocycles. The van der Waals surface area contributed by atoms with Crippen LogP contribution in [0.2, 0.25) is 0 Å². The van der Waals surface area contributed by atoms with Crippen LogP contribution in [0.25, 0.3) is 0 Å². The molecule has 0 rings (SSSR count). The van der Waals surface area contributed by atoms with Crippen molar-refractivity contribution in [3.05, 3.63) is 24.3 Å². The van der Waals surface area contributed by atoms with Crippen molar-refractivity contribution < 1.29 is 24.2 Å². The Morgan fingerprint density at radius 3 is 1.42 bits per heavy atom. The highest BCUT2D eigenvalue weighted by molar-refractivity contribution is 5.70. The van der Waals surface area contributed by atoms with E-state index in [4.69, 9.17) is 9.47 Å². The van der Waals surface area contributed by atoms with Crippen LogP contribution >= 0.6 is 0 Å². The molecule has 0 unspecified atom stereocenters. The third kappa shape index (κ3) is 33.1. The molecule has 5 nitrogen and oxygen atoms in total. The van der Waals surface area contributed by atoms with Gasteiger partial charge in [-0.15, -0.1) is 0 Å². The van der Waals surface area contributed by atoms with E-state index < -0.39 is 6.10 Å². The Kier molecular flexibility index (Phi) is 33.6. The lowest BCUT2D eigenvalue weighted by Gasteiger charge is -2.15. The number of hydrogen-bond donors (Lipinski definition) is 1. The van der Waals surface area contributed by atoms with Crippen LogP contribution in [-0.4, -0.2) is 36.4 Å². The van der Waals surface area contributed by atoms with Crippen LogP contribution in [0.1, 0.15) is 187 Å². The van der Waals surface area contributed by atoms with E-state index in [1.807, 2.05) is 0 Å². The molecule has 1 atom stereocenters. The zero-order chi connectivity index (χ0) is 31.5. The molecule has 0 aliphatic heterocycles. The van der Waals surface area contributed by atoms with Gasteiger partial charge in [-0.05, 0) is 44.9 Å². The molecule has 0 spiro atoms. The van der Waals surface area contributed by atoms with Crippen LogP contribution in [-0.2, 0) is 19.1 Å². The minimum Gasteiger partial charge on any atom is -0.462 e. The molecule has 0 saturated carbocycles. The van der Waals surface area contributed by atoms with Gasteiger partial charge in [0, 0.05) is 12.8 Å². The monoisotopic (exact) mass is 607 g/mol. The second-order valence-corrected chi connectivity index (χ2v) is 12.3. The summed E-state index contributed by atoms with van der Waals surface area (Å²) < 4.78 is 10.6. The summed E-state index contributed by atoms with van der Waals surface area (Å²) in [5.74, 6) is -0.593. The summed E-state index contributed by atoms with van der Waals surface area (Å²) in [5.41, 5.74) is 0. The number of aliphatic hydroxyl groups is 1. The van der Waals surface area contributed by atoms with Crippen molar-refractivity contribution in [3.8, 4) is 0 Å². The van der Waals surface area contributed by atoms with E-state index in [9.17, 15) is 14.7 Å². The Balaban J connectivity index is 3.54. The molecule has 0 aliphatic rings. The second-order valence-electron chi connectivity index (χ2n) is 12.3. The van der Waals surface area contributed by atoms with Crippen LogP contribution in [0.15, 0.2) is 24.3 Å². The molecule has 0 amide bonds. The van der Waals surface area contributed by atoms with E-state index in [1.54, 1.807) is 0 Å². The summed E-state index contributed by atoms with van der Waals surface area (Å²) in [7, 11) is 0. The molecule has 252 valence electrons. The van der Waals surface area contributed by atoms with Crippen molar-refractivity contribution in [3.63, 3.8) is 0 Å². The van der Waals surface area contributed by atoms with Crippen LogP contribution in [0.4, 0.5) is 0 Å². The van der Waals surface area contributed by atoms with E-state index in [-0.39, 0.29) is 25.2 Å². The van der Waals surface area contributed by atoms with E-state index >= 15 is 0 Å². The van der Waals surface area contributed by atoms with Gasteiger partial charge in [-0.2, -0.15) is 0 Å². The maximum Gasteiger partial charge on any atom is 0.306 e. The summed E-state index contributed by atoms with van der Waals surface area (Å²) in [6.45, 7) is 4.09. The Morgan fingerprint density at radius 2 is 0.930 bits per heavy atom. The second kappa shape index (κ2) is 34.9. The topological polar surface area (TPSA) is 72.8 Å². The van der Waals surface area contributed by atoms with Crippen LogP contribution in [0.5, 0.6) is 0 Å². The lowest BCUT2D eigenvalue weighted by Crippen LogP contribution is -2.28. The molecular weight excluding hydrogens is 536 g/mol. The molecular formula is C38H70O5. The predicted octanol–water partition coefficient (Wildman–Crippen LogP) is 11.1. The van der Waals surface area contributed by atoms with Gasteiger partial charge in [-0.25, -0.2) is 0 Å². The fourth-order valence-corrected chi connectivity index (χ4v) is 5.17. The summed E-state index contributed by atoms with van der Waals surface area (Å²) in [4.78, 5) is 24.1.